The molecule has 0 spiro atoms. The van der Waals surface area contributed by atoms with E-state index in [0.29, 0.717) is 18.1 Å². The molecule has 20 heavy (non-hydrogen) atoms. The van der Waals surface area contributed by atoms with Crippen LogP contribution in [0.1, 0.15) is 50.3 Å². The van der Waals surface area contributed by atoms with E-state index in [0.717, 1.165) is 0 Å². The van der Waals surface area contributed by atoms with Crippen molar-refractivity contribution >= 4 is 15.9 Å². The summed E-state index contributed by atoms with van der Waals surface area (Å²) in [7, 11) is 0. The van der Waals surface area contributed by atoms with Gasteiger partial charge in [-0.1, -0.05) is 22.0 Å². The first-order valence-electron chi connectivity index (χ1n) is 7.92. The van der Waals surface area contributed by atoms with Crippen LogP contribution in [0.25, 0.3) is 0 Å². The number of aryl methyl sites for hydroxylation is 1. The Labute approximate surface area is 131 Å². The fourth-order valence-electron chi connectivity index (χ4n) is 3.77. The SMILES string of the molecule is CC(C)N(CC1CCCN1)C1CCc2cc(Br)ccc21. The highest BCUT2D eigenvalue weighted by Crippen LogP contribution is 2.38. The van der Waals surface area contributed by atoms with Gasteiger partial charge in [-0.3, -0.25) is 4.90 Å². The van der Waals surface area contributed by atoms with Crippen molar-refractivity contribution in [3.05, 3.63) is 33.8 Å². The van der Waals surface area contributed by atoms with E-state index in [1.807, 2.05) is 0 Å². The van der Waals surface area contributed by atoms with Crippen LogP contribution in [0.2, 0.25) is 0 Å². The van der Waals surface area contributed by atoms with E-state index in [2.05, 4.69) is 58.2 Å². The quantitative estimate of drug-likeness (QED) is 0.896. The van der Waals surface area contributed by atoms with Gasteiger partial charge in [-0.2, -0.15) is 0 Å². The number of benzene rings is 1. The van der Waals surface area contributed by atoms with E-state index in [4.69, 9.17) is 0 Å². The van der Waals surface area contributed by atoms with Gasteiger partial charge >= 0.3 is 0 Å². The molecule has 0 amide bonds. The standard InChI is InChI=1S/C17H25BrN2/c1-12(2)20(11-15-4-3-9-19-15)17-8-5-13-10-14(18)6-7-16(13)17/h6-7,10,12,15,17,19H,3-5,8-9,11H2,1-2H3. The molecule has 1 N–H and O–H groups in total. The predicted molar refractivity (Wildman–Crippen MR) is 88.1 cm³/mol. The summed E-state index contributed by atoms with van der Waals surface area (Å²) in [4.78, 5) is 2.71. The molecule has 1 saturated heterocycles. The zero-order valence-corrected chi connectivity index (χ0v) is 14.1. The van der Waals surface area contributed by atoms with E-state index in [9.17, 15) is 0 Å². The molecule has 0 radical (unpaired) electrons. The Hall–Kier alpha value is -0.380. The van der Waals surface area contributed by atoms with Gasteiger partial charge in [0.2, 0.25) is 0 Å². The summed E-state index contributed by atoms with van der Waals surface area (Å²) in [5.74, 6) is 0. The highest BCUT2D eigenvalue weighted by atomic mass is 79.9. The number of fused-ring (bicyclic) bond motifs is 1. The molecular formula is C17H25BrN2. The number of rotatable bonds is 4. The Morgan fingerprint density at radius 3 is 2.90 bits per heavy atom. The van der Waals surface area contributed by atoms with Gasteiger partial charge in [-0.25, -0.2) is 0 Å². The van der Waals surface area contributed by atoms with Crippen LogP contribution in [0, 0.1) is 0 Å². The topological polar surface area (TPSA) is 15.3 Å². The largest absolute Gasteiger partial charge is 0.313 e. The summed E-state index contributed by atoms with van der Waals surface area (Å²) in [5, 5.41) is 3.65. The highest BCUT2D eigenvalue weighted by Gasteiger charge is 2.31. The van der Waals surface area contributed by atoms with E-state index < -0.39 is 0 Å². The molecule has 2 aliphatic rings. The number of nitrogens with one attached hydrogen (secondary N) is 1. The minimum Gasteiger partial charge on any atom is -0.313 e. The normalized spacial score (nSPS) is 25.6. The molecule has 0 saturated carbocycles. The van der Waals surface area contributed by atoms with Crippen LogP contribution in [-0.4, -0.2) is 30.1 Å². The second kappa shape index (κ2) is 6.17. The maximum atomic E-state index is 3.65. The lowest BCUT2D eigenvalue weighted by atomic mass is 10.0. The van der Waals surface area contributed by atoms with Crippen molar-refractivity contribution in [2.45, 2.75) is 57.7 Å². The highest BCUT2D eigenvalue weighted by molar-refractivity contribution is 9.10. The average molecular weight is 337 g/mol. The van der Waals surface area contributed by atoms with Crippen LogP contribution < -0.4 is 5.32 Å². The Balaban J connectivity index is 1.79. The van der Waals surface area contributed by atoms with Gasteiger partial charge in [0, 0.05) is 29.1 Å². The van der Waals surface area contributed by atoms with Crippen molar-refractivity contribution in [3.8, 4) is 0 Å². The number of hydrogen-bond donors (Lipinski definition) is 1. The molecule has 3 heteroatoms. The Bertz CT molecular complexity index is 466. The van der Waals surface area contributed by atoms with Crippen molar-refractivity contribution in [1.29, 1.82) is 0 Å². The van der Waals surface area contributed by atoms with Gasteiger partial charge in [-0.15, -0.1) is 0 Å². The molecule has 0 aromatic heterocycles. The molecule has 2 unspecified atom stereocenters. The van der Waals surface area contributed by atoms with Crippen LogP contribution in [0.3, 0.4) is 0 Å². The molecule has 1 aliphatic heterocycles. The number of hydrogen-bond acceptors (Lipinski definition) is 2. The van der Waals surface area contributed by atoms with Crippen LogP contribution in [0.4, 0.5) is 0 Å². The smallest absolute Gasteiger partial charge is 0.0357 e. The van der Waals surface area contributed by atoms with Crippen LogP contribution in [0.15, 0.2) is 22.7 Å². The summed E-state index contributed by atoms with van der Waals surface area (Å²) in [6.45, 7) is 7.07. The molecule has 0 bridgehead atoms. The molecular weight excluding hydrogens is 312 g/mol. The lowest BCUT2D eigenvalue weighted by molar-refractivity contribution is 0.139. The summed E-state index contributed by atoms with van der Waals surface area (Å²) < 4.78 is 1.21. The monoisotopic (exact) mass is 336 g/mol. The van der Waals surface area contributed by atoms with Gasteiger partial charge in [0.1, 0.15) is 0 Å². The second-order valence-corrected chi connectivity index (χ2v) is 7.40. The third-order valence-corrected chi connectivity index (χ3v) is 5.30. The molecule has 110 valence electrons. The third-order valence-electron chi connectivity index (χ3n) is 4.81. The van der Waals surface area contributed by atoms with Gasteiger partial charge in [-0.05, 0) is 69.3 Å². The van der Waals surface area contributed by atoms with E-state index in [1.54, 1.807) is 5.56 Å². The number of halogens is 1. The minimum atomic E-state index is 0.608. The molecule has 1 aliphatic carbocycles. The lowest BCUT2D eigenvalue weighted by Crippen LogP contribution is -2.42. The molecule has 1 heterocycles. The maximum Gasteiger partial charge on any atom is 0.0357 e. The second-order valence-electron chi connectivity index (χ2n) is 6.48. The van der Waals surface area contributed by atoms with E-state index in [-0.39, 0.29) is 0 Å². The first-order valence-corrected chi connectivity index (χ1v) is 8.72. The maximum absolute atomic E-state index is 3.65. The van der Waals surface area contributed by atoms with Gasteiger partial charge in [0.25, 0.3) is 0 Å². The molecule has 2 nitrogen and oxygen atoms in total. The molecule has 3 rings (SSSR count). The summed E-state index contributed by atoms with van der Waals surface area (Å²) in [5.41, 5.74) is 3.09. The minimum absolute atomic E-state index is 0.608. The van der Waals surface area contributed by atoms with E-state index >= 15 is 0 Å². The molecule has 1 aromatic rings. The Morgan fingerprint density at radius 2 is 2.20 bits per heavy atom. The van der Waals surface area contributed by atoms with Gasteiger partial charge in [0.15, 0.2) is 0 Å². The fraction of sp³-hybridized carbons (Fsp3) is 0.647. The molecule has 1 fully saturated rings. The first-order chi connectivity index (χ1) is 9.65. The van der Waals surface area contributed by atoms with Crippen molar-refractivity contribution in [1.82, 2.24) is 10.2 Å². The predicted octanol–water partition coefficient (Wildman–Crippen LogP) is 3.90. The van der Waals surface area contributed by atoms with Crippen LogP contribution >= 0.6 is 15.9 Å². The zero-order valence-electron chi connectivity index (χ0n) is 12.5. The van der Waals surface area contributed by atoms with Crippen LogP contribution in [-0.2, 0) is 6.42 Å². The van der Waals surface area contributed by atoms with Gasteiger partial charge < -0.3 is 5.32 Å². The lowest BCUT2D eigenvalue weighted by Gasteiger charge is -2.35. The Morgan fingerprint density at radius 1 is 1.35 bits per heavy atom. The average Bonchev–Trinajstić information content (AvgIpc) is 3.04. The van der Waals surface area contributed by atoms with E-state index in [1.165, 1.54) is 48.8 Å². The summed E-state index contributed by atoms with van der Waals surface area (Å²) >= 11 is 3.60. The van der Waals surface area contributed by atoms with Crippen molar-refractivity contribution in [3.63, 3.8) is 0 Å². The third kappa shape index (κ3) is 2.95. The molecule has 2 atom stereocenters. The summed E-state index contributed by atoms with van der Waals surface area (Å²) in [6, 6.07) is 8.74. The molecule has 1 aromatic carbocycles. The summed E-state index contributed by atoms with van der Waals surface area (Å²) in [6.07, 6.45) is 5.17. The van der Waals surface area contributed by atoms with Crippen molar-refractivity contribution in [2.75, 3.05) is 13.1 Å². The fourth-order valence-corrected chi connectivity index (χ4v) is 4.18. The zero-order chi connectivity index (χ0) is 14.1. The Kier molecular flexibility index (Phi) is 4.49. The van der Waals surface area contributed by atoms with Crippen LogP contribution in [0.5, 0.6) is 0 Å². The van der Waals surface area contributed by atoms with Crippen molar-refractivity contribution in [2.24, 2.45) is 0 Å². The first kappa shape index (κ1) is 14.6. The number of nitrogens with zero attached hydrogens (tertiary/aromatic N) is 1. The van der Waals surface area contributed by atoms with Crippen molar-refractivity contribution < 1.29 is 0 Å². The van der Waals surface area contributed by atoms with Gasteiger partial charge in [0.05, 0.1) is 0 Å².